The van der Waals surface area contributed by atoms with Crippen molar-refractivity contribution < 1.29 is 14.0 Å². The molecule has 0 saturated heterocycles. The first kappa shape index (κ1) is 13.9. The van der Waals surface area contributed by atoms with E-state index in [0.29, 0.717) is 11.4 Å². The molecule has 0 radical (unpaired) electrons. The first-order chi connectivity index (χ1) is 9.69. The fourth-order valence-corrected chi connectivity index (χ4v) is 1.67. The van der Waals surface area contributed by atoms with Crippen LogP contribution in [-0.2, 0) is 22.6 Å². The topological polar surface area (TPSA) is 71.3 Å². The first-order valence-corrected chi connectivity index (χ1v) is 6.39. The van der Waals surface area contributed by atoms with Gasteiger partial charge in [-0.15, -0.1) is 0 Å². The molecule has 0 aliphatic carbocycles. The van der Waals surface area contributed by atoms with Gasteiger partial charge in [0, 0.05) is 5.69 Å². The van der Waals surface area contributed by atoms with Gasteiger partial charge in [-0.2, -0.15) is 0 Å². The van der Waals surface area contributed by atoms with E-state index in [1.807, 2.05) is 12.1 Å². The molecule has 1 aromatic carbocycles. The number of anilines is 1. The van der Waals surface area contributed by atoms with Crippen LogP contribution in [0.15, 0.2) is 47.1 Å². The van der Waals surface area contributed by atoms with Gasteiger partial charge in [0.25, 0.3) is 0 Å². The monoisotopic (exact) mass is 272 g/mol. The van der Waals surface area contributed by atoms with Crippen LogP contribution in [0, 0.1) is 0 Å². The summed E-state index contributed by atoms with van der Waals surface area (Å²) in [5.41, 5.74) is 1.77. The van der Waals surface area contributed by atoms with Gasteiger partial charge in [-0.3, -0.25) is 9.59 Å². The number of furan rings is 1. The molecule has 0 atom stereocenters. The van der Waals surface area contributed by atoms with Gasteiger partial charge >= 0.3 is 11.8 Å². The fraction of sp³-hybridized carbons (Fsp3) is 0.200. The first-order valence-electron chi connectivity index (χ1n) is 6.39. The van der Waals surface area contributed by atoms with Gasteiger partial charge in [0.05, 0.1) is 12.8 Å². The van der Waals surface area contributed by atoms with Crippen LogP contribution in [0.2, 0.25) is 0 Å². The largest absolute Gasteiger partial charge is 0.467 e. The summed E-state index contributed by atoms with van der Waals surface area (Å²) in [4.78, 5) is 23.3. The van der Waals surface area contributed by atoms with Crippen molar-refractivity contribution >= 4 is 17.5 Å². The van der Waals surface area contributed by atoms with Crippen molar-refractivity contribution in [1.29, 1.82) is 0 Å². The smallest absolute Gasteiger partial charge is 0.313 e. The minimum absolute atomic E-state index is 0.189. The summed E-state index contributed by atoms with van der Waals surface area (Å²) in [5.74, 6) is -0.791. The second-order valence-electron chi connectivity index (χ2n) is 4.27. The Bertz CT molecular complexity index is 574. The summed E-state index contributed by atoms with van der Waals surface area (Å²) in [6.45, 7) is 2.24. The highest BCUT2D eigenvalue weighted by molar-refractivity contribution is 6.39. The molecule has 1 heterocycles. The zero-order valence-corrected chi connectivity index (χ0v) is 11.2. The molecule has 0 bridgehead atoms. The maximum absolute atomic E-state index is 11.7. The van der Waals surface area contributed by atoms with Gasteiger partial charge in [0.2, 0.25) is 0 Å². The molecule has 2 amide bonds. The van der Waals surface area contributed by atoms with E-state index in [2.05, 4.69) is 17.6 Å². The highest BCUT2D eigenvalue weighted by Gasteiger charge is 2.13. The number of carbonyl (C=O) groups excluding carboxylic acids is 2. The van der Waals surface area contributed by atoms with Crippen LogP contribution in [0.5, 0.6) is 0 Å². The molecule has 0 fully saturated rings. The third-order valence-corrected chi connectivity index (χ3v) is 2.83. The Kier molecular flexibility index (Phi) is 4.55. The molecule has 0 aliphatic heterocycles. The predicted molar refractivity (Wildman–Crippen MR) is 75.0 cm³/mol. The zero-order chi connectivity index (χ0) is 14.4. The lowest BCUT2D eigenvalue weighted by Gasteiger charge is -2.06. The third kappa shape index (κ3) is 3.71. The second-order valence-corrected chi connectivity index (χ2v) is 4.27. The maximum Gasteiger partial charge on any atom is 0.313 e. The Hall–Kier alpha value is -2.56. The number of hydrogen-bond donors (Lipinski definition) is 2. The quantitative estimate of drug-likeness (QED) is 0.837. The Balaban J connectivity index is 1.85. The summed E-state index contributed by atoms with van der Waals surface area (Å²) >= 11 is 0. The Labute approximate surface area is 117 Å². The van der Waals surface area contributed by atoms with Crippen molar-refractivity contribution in [3.05, 3.63) is 54.0 Å². The summed E-state index contributed by atoms with van der Waals surface area (Å²) in [5, 5.41) is 5.02. The summed E-state index contributed by atoms with van der Waals surface area (Å²) in [7, 11) is 0. The molecular weight excluding hydrogens is 256 g/mol. The minimum atomic E-state index is -0.694. The lowest BCUT2D eigenvalue weighted by atomic mass is 10.1. The average molecular weight is 272 g/mol. The van der Waals surface area contributed by atoms with Crippen LogP contribution in [0.1, 0.15) is 18.2 Å². The number of rotatable bonds is 4. The van der Waals surface area contributed by atoms with Crippen molar-refractivity contribution in [2.45, 2.75) is 19.9 Å². The van der Waals surface area contributed by atoms with E-state index < -0.39 is 11.8 Å². The SMILES string of the molecule is CCc1ccc(NC(=O)C(=O)NCc2ccco2)cc1. The molecule has 0 unspecified atom stereocenters. The number of benzene rings is 1. The lowest BCUT2D eigenvalue weighted by Crippen LogP contribution is -2.34. The molecule has 2 N–H and O–H groups in total. The number of aryl methyl sites for hydroxylation is 1. The molecule has 5 nitrogen and oxygen atoms in total. The Morgan fingerprint density at radius 3 is 2.45 bits per heavy atom. The van der Waals surface area contributed by atoms with E-state index in [4.69, 9.17) is 4.42 Å². The summed E-state index contributed by atoms with van der Waals surface area (Å²) in [6.07, 6.45) is 2.44. The van der Waals surface area contributed by atoms with Gasteiger partial charge in [0.1, 0.15) is 5.76 Å². The van der Waals surface area contributed by atoms with Crippen molar-refractivity contribution in [2.75, 3.05) is 5.32 Å². The van der Waals surface area contributed by atoms with Gasteiger partial charge < -0.3 is 15.1 Å². The molecule has 5 heteroatoms. The van der Waals surface area contributed by atoms with E-state index >= 15 is 0 Å². The molecule has 2 aromatic rings. The number of hydrogen-bond acceptors (Lipinski definition) is 3. The van der Waals surface area contributed by atoms with E-state index in [1.165, 1.54) is 11.8 Å². The minimum Gasteiger partial charge on any atom is -0.467 e. The predicted octanol–water partition coefficient (Wildman–Crippen LogP) is 2.10. The van der Waals surface area contributed by atoms with Crippen molar-refractivity contribution in [1.82, 2.24) is 5.32 Å². The number of nitrogens with one attached hydrogen (secondary N) is 2. The molecule has 0 aliphatic rings. The van der Waals surface area contributed by atoms with E-state index in [0.717, 1.165) is 6.42 Å². The molecule has 0 spiro atoms. The van der Waals surface area contributed by atoms with Crippen LogP contribution in [0.3, 0.4) is 0 Å². The summed E-state index contributed by atoms with van der Waals surface area (Å²) < 4.78 is 5.06. The second kappa shape index (κ2) is 6.56. The Morgan fingerprint density at radius 2 is 1.85 bits per heavy atom. The third-order valence-electron chi connectivity index (χ3n) is 2.83. The maximum atomic E-state index is 11.7. The Morgan fingerprint density at radius 1 is 1.10 bits per heavy atom. The van der Waals surface area contributed by atoms with Crippen molar-refractivity contribution in [3.63, 3.8) is 0 Å². The van der Waals surface area contributed by atoms with E-state index in [1.54, 1.807) is 24.3 Å². The lowest BCUT2D eigenvalue weighted by molar-refractivity contribution is -0.136. The standard InChI is InChI=1S/C15H16N2O3/c1-2-11-5-7-12(8-6-11)17-15(19)14(18)16-10-13-4-3-9-20-13/h3-9H,2,10H2,1H3,(H,16,18)(H,17,19). The molecule has 104 valence electrons. The van der Waals surface area contributed by atoms with Gasteiger partial charge in [-0.05, 0) is 36.2 Å². The highest BCUT2D eigenvalue weighted by Crippen LogP contribution is 2.09. The normalized spacial score (nSPS) is 10.1. The van der Waals surface area contributed by atoms with Gasteiger partial charge in [0.15, 0.2) is 0 Å². The zero-order valence-electron chi connectivity index (χ0n) is 11.2. The van der Waals surface area contributed by atoms with Crippen LogP contribution in [0.25, 0.3) is 0 Å². The van der Waals surface area contributed by atoms with Crippen molar-refractivity contribution in [2.24, 2.45) is 0 Å². The van der Waals surface area contributed by atoms with Crippen LogP contribution in [0.4, 0.5) is 5.69 Å². The summed E-state index contributed by atoms with van der Waals surface area (Å²) in [6, 6.07) is 10.8. The molecule has 2 rings (SSSR count). The number of carbonyl (C=O) groups is 2. The van der Waals surface area contributed by atoms with E-state index in [-0.39, 0.29) is 6.54 Å². The van der Waals surface area contributed by atoms with Crippen LogP contribution < -0.4 is 10.6 Å². The van der Waals surface area contributed by atoms with Gasteiger partial charge in [-0.25, -0.2) is 0 Å². The molecular formula is C15H16N2O3. The highest BCUT2D eigenvalue weighted by atomic mass is 16.3. The molecule has 0 saturated carbocycles. The number of amides is 2. The van der Waals surface area contributed by atoms with Crippen LogP contribution >= 0.6 is 0 Å². The van der Waals surface area contributed by atoms with Gasteiger partial charge in [-0.1, -0.05) is 19.1 Å². The van der Waals surface area contributed by atoms with Crippen molar-refractivity contribution in [3.8, 4) is 0 Å². The fourth-order valence-electron chi connectivity index (χ4n) is 1.67. The molecule has 20 heavy (non-hydrogen) atoms. The molecule has 1 aromatic heterocycles. The van der Waals surface area contributed by atoms with Crippen LogP contribution in [-0.4, -0.2) is 11.8 Å². The van der Waals surface area contributed by atoms with E-state index in [9.17, 15) is 9.59 Å². The average Bonchev–Trinajstić information content (AvgIpc) is 2.98.